The Morgan fingerprint density at radius 1 is 1.50 bits per heavy atom. The molecule has 1 aromatic rings. The van der Waals surface area contributed by atoms with E-state index in [0.717, 1.165) is 5.56 Å². The van der Waals surface area contributed by atoms with Crippen LogP contribution in [0.15, 0.2) is 27.6 Å². The summed E-state index contributed by atoms with van der Waals surface area (Å²) >= 11 is 1.01. The van der Waals surface area contributed by atoms with Crippen LogP contribution in [-0.2, 0) is 11.1 Å². The Hall–Kier alpha value is 0.810. The predicted molar refractivity (Wildman–Crippen MR) is 46.1 cm³/mol. The van der Waals surface area contributed by atoms with Crippen molar-refractivity contribution < 1.29 is 38.3 Å². The van der Waals surface area contributed by atoms with Crippen molar-refractivity contribution in [3.05, 3.63) is 28.2 Å². The summed E-state index contributed by atoms with van der Waals surface area (Å²) in [6.07, 6.45) is 0. The van der Waals surface area contributed by atoms with Crippen molar-refractivity contribution in [2.75, 3.05) is 0 Å². The van der Waals surface area contributed by atoms with Crippen LogP contribution in [-0.4, -0.2) is 8.76 Å². The Bertz CT molecular complexity index is 303. The third-order valence-electron chi connectivity index (χ3n) is 1.27. The maximum atomic E-state index is 10.5. The Morgan fingerprint density at radius 2 is 2.08 bits per heavy atom. The Kier molecular flexibility index (Phi) is 5.89. The molecular weight excluding hydrogens is 251 g/mol. The second-order valence-electron chi connectivity index (χ2n) is 2.17. The molecule has 0 saturated heterocycles. The topological polar surface area (TPSA) is 40.1 Å². The molecule has 12 heavy (non-hydrogen) atoms. The van der Waals surface area contributed by atoms with E-state index in [4.69, 9.17) is 0 Å². The first kappa shape index (κ1) is 12.8. The molecule has 0 saturated carbocycles. The van der Waals surface area contributed by atoms with E-state index < -0.39 is 11.1 Å². The van der Waals surface area contributed by atoms with Gasteiger partial charge in [0.2, 0.25) is 0 Å². The van der Waals surface area contributed by atoms with Crippen molar-refractivity contribution in [2.45, 2.75) is 11.8 Å². The van der Waals surface area contributed by atoms with E-state index in [2.05, 4.69) is 15.9 Å². The number of rotatable bonds is 1. The van der Waals surface area contributed by atoms with Gasteiger partial charge >= 0.3 is 29.6 Å². The minimum atomic E-state index is -2.15. The molecule has 0 aromatic heterocycles. The number of aryl methyl sites for hydroxylation is 1. The van der Waals surface area contributed by atoms with Crippen molar-refractivity contribution in [3.8, 4) is 0 Å². The number of benzene rings is 1. The van der Waals surface area contributed by atoms with E-state index in [-0.39, 0.29) is 29.6 Å². The molecule has 2 nitrogen and oxygen atoms in total. The molecule has 60 valence electrons. The fourth-order valence-corrected chi connectivity index (χ4v) is 2.03. The van der Waals surface area contributed by atoms with E-state index in [1.165, 1.54) is 0 Å². The normalized spacial score (nSPS) is 11.9. The monoisotopic (exact) mass is 256 g/mol. The van der Waals surface area contributed by atoms with Gasteiger partial charge in [-0.05, 0) is 51.6 Å². The molecule has 0 fully saturated rings. The summed E-state index contributed by atoms with van der Waals surface area (Å²) < 4.78 is 21.6. The van der Waals surface area contributed by atoms with Gasteiger partial charge in [-0.25, -0.2) is 0 Å². The molecule has 0 aliphatic heterocycles. The second kappa shape index (κ2) is 5.52. The first-order chi connectivity index (χ1) is 5.11. The Balaban J connectivity index is 0.00000121. The third kappa shape index (κ3) is 3.28. The summed E-state index contributed by atoms with van der Waals surface area (Å²) in [4.78, 5) is 0.301. The van der Waals surface area contributed by atoms with Gasteiger partial charge in [-0.15, -0.1) is 0 Å². The first-order valence-electron chi connectivity index (χ1n) is 2.96. The molecule has 1 unspecified atom stereocenters. The summed E-state index contributed by atoms with van der Waals surface area (Å²) in [6.45, 7) is 1.91. The van der Waals surface area contributed by atoms with Gasteiger partial charge in [-0.3, -0.25) is 4.21 Å². The van der Waals surface area contributed by atoms with Crippen LogP contribution < -0.4 is 29.6 Å². The van der Waals surface area contributed by atoms with Crippen LogP contribution in [0.3, 0.4) is 0 Å². The molecule has 0 heterocycles. The van der Waals surface area contributed by atoms with E-state index in [1.54, 1.807) is 18.2 Å². The van der Waals surface area contributed by atoms with E-state index >= 15 is 0 Å². The molecule has 0 aliphatic rings. The van der Waals surface area contributed by atoms with Crippen LogP contribution in [0.1, 0.15) is 5.56 Å². The summed E-state index contributed by atoms with van der Waals surface area (Å²) in [5, 5.41) is 0. The van der Waals surface area contributed by atoms with Crippen molar-refractivity contribution in [2.24, 2.45) is 0 Å². The minimum absolute atomic E-state index is 0. The fraction of sp³-hybridized carbons (Fsp3) is 0.143. The van der Waals surface area contributed by atoms with E-state index in [0.29, 0.717) is 9.37 Å². The van der Waals surface area contributed by atoms with Crippen LogP contribution in [0.25, 0.3) is 0 Å². The van der Waals surface area contributed by atoms with Crippen LogP contribution in [0.2, 0.25) is 0 Å². The SMILES string of the molecule is Cc1ccc(S(=O)[O-])c(Br)c1.[Na+]. The van der Waals surface area contributed by atoms with Crippen LogP contribution in [0.5, 0.6) is 0 Å². The average Bonchev–Trinajstić information content (AvgIpc) is 1.85. The molecule has 0 radical (unpaired) electrons. The maximum absolute atomic E-state index is 10.5. The molecule has 5 heteroatoms. The predicted octanol–water partition coefficient (Wildman–Crippen LogP) is -1.00. The van der Waals surface area contributed by atoms with Gasteiger partial charge in [-0.1, -0.05) is 6.07 Å². The molecular formula is C7H6BrNaO2S. The van der Waals surface area contributed by atoms with Crippen LogP contribution in [0.4, 0.5) is 0 Å². The molecule has 0 amide bonds. The molecule has 0 aliphatic carbocycles. The zero-order chi connectivity index (χ0) is 8.43. The molecule has 0 spiro atoms. The smallest absolute Gasteiger partial charge is 0.768 e. The summed E-state index contributed by atoms with van der Waals surface area (Å²) in [7, 11) is 0. The zero-order valence-electron chi connectivity index (χ0n) is 6.83. The van der Waals surface area contributed by atoms with Gasteiger partial charge in [0.05, 0.1) is 0 Å². The zero-order valence-corrected chi connectivity index (χ0v) is 11.2. The minimum Gasteiger partial charge on any atom is -0.768 e. The maximum Gasteiger partial charge on any atom is 1.00 e. The largest absolute Gasteiger partial charge is 1.00 e. The Labute approximate surface area is 104 Å². The summed E-state index contributed by atoms with van der Waals surface area (Å²) in [5.74, 6) is 0. The number of hydrogen-bond acceptors (Lipinski definition) is 2. The van der Waals surface area contributed by atoms with Crippen LogP contribution in [0, 0.1) is 6.92 Å². The second-order valence-corrected chi connectivity index (χ2v) is 3.93. The van der Waals surface area contributed by atoms with Gasteiger partial charge in [0.25, 0.3) is 0 Å². The molecule has 1 aromatic carbocycles. The molecule has 0 bridgehead atoms. The van der Waals surface area contributed by atoms with Gasteiger partial charge in [0.1, 0.15) is 0 Å². The number of hydrogen-bond donors (Lipinski definition) is 0. The number of halogens is 1. The standard InChI is InChI=1S/C7H7BrO2S.Na/c1-5-2-3-7(11(9)10)6(8)4-5;/h2-4H,1H3,(H,9,10);/q;+1/p-1. The van der Waals surface area contributed by atoms with Crippen LogP contribution >= 0.6 is 15.9 Å². The van der Waals surface area contributed by atoms with Gasteiger partial charge in [-0.2, -0.15) is 0 Å². The molecule has 1 atom stereocenters. The quantitative estimate of drug-likeness (QED) is 0.478. The van der Waals surface area contributed by atoms with Gasteiger partial charge in [0, 0.05) is 9.37 Å². The van der Waals surface area contributed by atoms with Crippen molar-refractivity contribution in [1.82, 2.24) is 0 Å². The molecule has 0 N–H and O–H groups in total. The fourth-order valence-electron chi connectivity index (χ4n) is 0.741. The van der Waals surface area contributed by atoms with Crippen molar-refractivity contribution in [1.29, 1.82) is 0 Å². The van der Waals surface area contributed by atoms with Gasteiger partial charge < -0.3 is 4.55 Å². The van der Waals surface area contributed by atoms with Crippen molar-refractivity contribution >= 4 is 27.0 Å². The first-order valence-corrected chi connectivity index (χ1v) is 4.83. The summed E-state index contributed by atoms with van der Waals surface area (Å²) in [5.41, 5.74) is 1.03. The summed E-state index contributed by atoms with van der Waals surface area (Å²) in [6, 6.07) is 5.10. The van der Waals surface area contributed by atoms with Crippen molar-refractivity contribution in [3.63, 3.8) is 0 Å². The molecule has 1 rings (SSSR count). The third-order valence-corrected chi connectivity index (χ3v) is 2.90. The van der Waals surface area contributed by atoms with Gasteiger partial charge in [0.15, 0.2) is 0 Å². The Morgan fingerprint density at radius 3 is 2.50 bits per heavy atom. The average molecular weight is 257 g/mol. The van der Waals surface area contributed by atoms with E-state index in [1.807, 2.05) is 6.92 Å². The van der Waals surface area contributed by atoms with E-state index in [9.17, 15) is 8.76 Å².